The summed E-state index contributed by atoms with van der Waals surface area (Å²) >= 11 is 0. The molecule has 0 radical (unpaired) electrons. The zero-order chi connectivity index (χ0) is 19.5. The summed E-state index contributed by atoms with van der Waals surface area (Å²) in [7, 11) is 0. The first-order chi connectivity index (χ1) is 11.9. The molecule has 0 spiro atoms. The van der Waals surface area contributed by atoms with Gasteiger partial charge in [0.15, 0.2) is 5.79 Å². The fourth-order valence-corrected chi connectivity index (χ4v) is 5.91. The van der Waals surface area contributed by atoms with Gasteiger partial charge in [-0.3, -0.25) is 4.79 Å². The van der Waals surface area contributed by atoms with Crippen molar-refractivity contribution in [2.24, 2.45) is 22.7 Å². The van der Waals surface area contributed by atoms with Crippen LogP contribution < -0.4 is 0 Å². The van der Waals surface area contributed by atoms with Crippen LogP contribution in [-0.2, 0) is 9.53 Å². The minimum Gasteiger partial charge on any atom is -0.481 e. The van der Waals surface area contributed by atoms with Gasteiger partial charge in [0.1, 0.15) is 11.7 Å². The Morgan fingerprint density at radius 2 is 1.92 bits per heavy atom. The maximum atomic E-state index is 12.0. The van der Waals surface area contributed by atoms with Gasteiger partial charge in [-0.05, 0) is 56.8 Å². The summed E-state index contributed by atoms with van der Waals surface area (Å²) in [6.45, 7) is 9.39. The van der Waals surface area contributed by atoms with Gasteiger partial charge in [-0.1, -0.05) is 25.5 Å². The Labute approximate surface area is 154 Å². The van der Waals surface area contributed by atoms with E-state index in [0.717, 1.165) is 24.8 Å². The van der Waals surface area contributed by atoms with Crippen LogP contribution in [0.3, 0.4) is 0 Å². The predicted octanol–water partition coefficient (Wildman–Crippen LogP) is 2.07. The Morgan fingerprint density at radius 3 is 2.46 bits per heavy atom. The Kier molecular flexibility index (Phi) is 4.59. The highest BCUT2D eigenvalue weighted by Crippen LogP contribution is 2.63. The molecule has 3 rings (SSSR count). The van der Waals surface area contributed by atoms with E-state index < -0.39 is 28.9 Å². The van der Waals surface area contributed by atoms with Crippen LogP contribution in [0.5, 0.6) is 0 Å². The van der Waals surface area contributed by atoms with Crippen LogP contribution >= 0.6 is 0 Å². The molecule has 3 fully saturated rings. The molecule has 0 unspecified atom stereocenters. The van der Waals surface area contributed by atoms with Gasteiger partial charge in [-0.25, -0.2) is 0 Å². The number of fused-ring (bicyclic) bond motifs is 1. The van der Waals surface area contributed by atoms with Gasteiger partial charge < -0.3 is 25.2 Å². The normalized spacial score (nSPS) is 51.9. The average Bonchev–Trinajstić information content (AvgIpc) is 2.74. The van der Waals surface area contributed by atoms with E-state index in [1.165, 1.54) is 6.92 Å². The number of carboxylic acid groups (broad SMARTS) is 1. The SMILES string of the molecule is C=C1CC[C@@H]2[C@](C)(CCC[C@]2(C)C(=O)O)[C@H]1C[C@]1(O)OC[C@@H](O)[C@]1(C)O. The highest BCUT2D eigenvalue weighted by molar-refractivity contribution is 5.75. The fourth-order valence-electron chi connectivity index (χ4n) is 5.91. The number of carbonyl (C=O) groups is 1. The van der Waals surface area contributed by atoms with Crippen LogP contribution in [0.4, 0.5) is 0 Å². The Bertz CT molecular complexity index is 615. The van der Waals surface area contributed by atoms with Crippen molar-refractivity contribution in [1.82, 2.24) is 0 Å². The molecule has 2 saturated carbocycles. The van der Waals surface area contributed by atoms with Crippen LogP contribution in [0, 0.1) is 22.7 Å². The highest BCUT2D eigenvalue weighted by Gasteiger charge is 2.63. The Morgan fingerprint density at radius 1 is 1.27 bits per heavy atom. The zero-order valence-corrected chi connectivity index (χ0v) is 16.0. The molecule has 0 aromatic carbocycles. The molecule has 0 aromatic heterocycles. The molecule has 0 amide bonds. The van der Waals surface area contributed by atoms with Crippen molar-refractivity contribution in [2.45, 2.75) is 76.8 Å². The number of aliphatic carboxylic acids is 1. The van der Waals surface area contributed by atoms with Crippen molar-refractivity contribution in [3.63, 3.8) is 0 Å². The average molecular weight is 368 g/mol. The minimum atomic E-state index is -1.87. The van der Waals surface area contributed by atoms with Crippen molar-refractivity contribution in [2.75, 3.05) is 6.61 Å². The van der Waals surface area contributed by atoms with E-state index in [9.17, 15) is 25.2 Å². The third-order valence-corrected chi connectivity index (χ3v) is 7.91. The molecule has 3 aliphatic rings. The summed E-state index contributed by atoms with van der Waals surface area (Å²) in [4.78, 5) is 12.0. The van der Waals surface area contributed by atoms with E-state index in [1.54, 1.807) is 0 Å². The Hall–Kier alpha value is -0.950. The summed E-state index contributed by atoms with van der Waals surface area (Å²) in [5, 5.41) is 41.5. The highest BCUT2D eigenvalue weighted by atomic mass is 16.7. The van der Waals surface area contributed by atoms with Crippen molar-refractivity contribution >= 4 is 5.97 Å². The molecule has 1 heterocycles. The summed E-state index contributed by atoms with van der Waals surface area (Å²) in [5.41, 5.74) is -1.95. The van der Waals surface area contributed by atoms with Gasteiger partial charge in [0.25, 0.3) is 0 Å². The number of carboxylic acids is 1. The summed E-state index contributed by atoms with van der Waals surface area (Å²) in [6.07, 6.45) is 2.73. The molecular formula is C20H32O6. The third kappa shape index (κ3) is 2.57. The number of aliphatic hydroxyl groups is 3. The molecule has 148 valence electrons. The predicted molar refractivity (Wildman–Crippen MR) is 95.2 cm³/mol. The summed E-state index contributed by atoms with van der Waals surface area (Å²) in [6, 6.07) is 0. The summed E-state index contributed by atoms with van der Waals surface area (Å²) in [5.74, 6) is -2.85. The quantitative estimate of drug-likeness (QED) is 0.568. The van der Waals surface area contributed by atoms with Gasteiger partial charge in [-0.2, -0.15) is 0 Å². The summed E-state index contributed by atoms with van der Waals surface area (Å²) < 4.78 is 5.44. The van der Waals surface area contributed by atoms with Crippen LogP contribution in [0.15, 0.2) is 12.2 Å². The van der Waals surface area contributed by atoms with Crippen LogP contribution in [0.1, 0.15) is 59.3 Å². The van der Waals surface area contributed by atoms with Gasteiger partial charge in [0, 0.05) is 6.42 Å². The fraction of sp³-hybridized carbons (Fsp3) is 0.850. The minimum absolute atomic E-state index is 0.0309. The number of hydrogen-bond donors (Lipinski definition) is 4. The maximum absolute atomic E-state index is 12.0. The third-order valence-electron chi connectivity index (χ3n) is 7.91. The van der Waals surface area contributed by atoms with Crippen molar-refractivity contribution in [3.05, 3.63) is 12.2 Å². The van der Waals surface area contributed by atoms with E-state index in [4.69, 9.17) is 4.74 Å². The van der Waals surface area contributed by atoms with Crippen molar-refractivity contribution < 1.29 is 30.0 Å². The monoisotopic (exact) mass is 368 g/mol. The second-order valence-corrected chi connectivity index (χ2v) is 9.35. The Balaban J connectivity index is 1.96. The van der Waals surface area contributed by atoms with Gasteiger partial charge in [-0.15, -0.1) is 0 Å². The first-order valence-corrected chi connectivity index (χ1v) is 9.56. The van der Waals surface area contributed by atoms with Gasteiger partial charge >= 0.3 is 5.97 Å². The van der Waals surface area contributed by atoms with E-state index in [-0.39, 0.29) is 30.3 Å². The molecular weight excluding hydrogens is 336 g/mol. The topological polar surface area (TPSA) is 107 Å². The lowest BCUT2D eigenvalue weighted by Crippen LogP contribution is -2.59. The van der Waals surface area contributed by atoms with E-state index >= 15 is 0 Å². The standard InChI is InChI=1S/C20H32O6/c1-12-6-7-14-17(2,8-5-9-18(14,3)16(22)23)13(12)10-20(25)19(4,24)15(21)11-26-20/h13-15,21,24-25H,1,5-11H2,2-4H3,(H,22,23)/t13-,14+,15+,17+,18-,19-,20-/m0/s1. The van der Waals surface area contributed by atoms with Crippen LogP contribution in [-0.4, -0.2) is 50.5 Å². The molecule has 2 aliphatic carbocycles. The van der Waals surface area contributed by atoms with Gasteiger partial charge in [0.2, 0.25) is 0 Å². The number of aliphatic hydroxyl groups excluding tert-OH is 1. The molecule has 4 N–H and O–H groups in total. The first kappa shape index (κ1) is 19.8. The van der Waals surface area contributed by atoms with Gasteiger partial charge in [0.05, 0.1) is 12.0 Å². The van der Waals surface area contributed by atoms with Crippen LogP contribution in [0.2, 0.25) is 0 Å². The zero-order valence-electron chi connectivity index (χ0n) is 16.0. The van der Waals surface area contributed by atoms with E-state index in [2.05, 4.69) is 13.5 Å². The molecule has 0 aromatic rings. The second kappa shape index (κ2) is 6.03. The second-order valence-electron chi connectivity index (χ2n) is 9.35. The number of hydrogen-bond acceptors (Lipinski definition) is 5. The molecule has 0 bridgehead atoms. The van der Waals surface area contributed by atoms with Crippen molar-refractivity contribution in [1.29, 1.82) is 0 Å². The molecule has 6 heteroatoms. The smallest absolute Gasteiger partial charge is 0.309 e. The largest absolute Gasteiger partial charge is 0.481 e. The maximum Gasteiger partial charge on any atom is 0.309 e. The molecule has 26 heavy (non-hydrogen) atoms. The van der Waals surface area contributed by atoms with Crippen molar-refractivity contribution in [3.8, 4) is 0 Å². The lowest BCUT2D eigenvalue weighted by Gasteiger charge is -2.58. The number of allylic oxidation sites excluding steroid dienone is 1. The number of rotatable bonds is 3. The molecule has 1 saturated heterocycles. The molecule has 1 aliphatic heterocycles. The first-order valence-electron chi connectivity index (χ1n) is 9.56. The van der Waals surface area contributed by atoms with E-state index in [1.807, 2.05) is 6.92 Å². The molecule has 6 nitrogen and oxygen atoms in total. The number of ether oxygens (including phenoxy) is 1. The lowest BCUT2D eigenvalue weighted by molar-refractivity contribution is -0.269. The van der Waals surface area contributed by atoms with E-state index in [0.29, 0.717) is 12.8 Å². The molecule has 7 atom stereocenters. The lowest BCUT2D eigenvalue weighted by atomic mass is 9.46. The van der Waals surface area contributed by atoms with Crippen LogP contribution in [0.25, 0.3) is 0 Å².